The van der Waals surface area contributed by atoms with Crippen molar-refractivity contribution in [1.82, 2.24) is 0 Å². The van der Waals surface area contributed by atoms with Crippen molar-refractivity contribution in [3.05, 3.63) is 23.2 Å². The summed E-state index contributed by atoms with van der Waals surface area (Å²) in [6.45, 7) is 3.20. The van der Waals surface area contributed by atoms with Gasteiger partial charge in [0.25, 0.3) is 0 Å². The monoisotopic (exact) mass is 212 g/mol. The Morgan fingerprint density at radius 2 is 2.40 bits per heavy atom. The molecule has 1 N–H and O–H groups in total. The number of rotatable bonds is 4. The maximum atomic E-state index is 10.7. The normalized spacial score (nSPS) is 16.3. The second-order valence-corrected chi connectivity index (χ2v) is 3.50. The van der Waals surface area contributed by atoms with Gasteiger partial charge in [-0.1, -0.05) is 0 Å². The first-order chi connectivity index (χ1) is 7.16. The summed E-state index contributed by atoms with van der Waals surface area (Å²) in [5, 5.41) is 8.76. The Kier molecular flexibility index (Phi) is 2.75. The van der Waals surface area contributed by atoms with Gasteiger partial charge in [0.2, 0.25) is 5.76 Å². The molecule has 1 aliphatic heterocycles. The molecule has 1 fully saturated rings. The summed E-state index contributed by atoms with van der Waals surface area (Å²) in [6, 6.07) is 1.68. The van der Waals surface area contributed by atoms with Crippen LogP contribution in [0.2, 0.25) is 0 Å². The van der Waals surface area contributed by atoms with Gasteiger partial charge in [0.15, 0.2) is 0 Å². The number of aryl methyl sites for hydroxylation is 1. The Bertz CT molecular complexity index is 364. The van der Waals surface area contributed by atoms with E-state index in [9.17, 15) is 4.79 Å². The largest absolute Gasteiger partial charge is 0.475 e. The van der Waals surface area contributed by atoms with Crippen LogP contribution in [0.3, 0.4) is 0 Å². The Morgan fingerprint density at radius 1 is 1.67 bits per heavy atom. The maximum absolute atomic E-state index is 10.7. The lowest BCUT2D eigenvalue weighted by atomic mass is 10.2. The first-order valence-corrected chi connectivity index (χ1v) is 4.69. The van der Waals surface area contributed by atoms with E-state index in [1.807, 2.05) is 0 Å². The predicted octanol–water partition coefficient (Wildman–Crippen LogP) is 1.20. The highest BCUT2D eigenvalue weighted by atomic mass is 16.6. The van der Waals surface area contributed by atoms with Gasteiger partial charge in [-0.15, -0.1) is 0 Å². The van der Waals surface area contributed by atoms with Gasteiger partial charge in [0, 0.05) is 5.56 Å². The zero-order valence-corrected chi connectivity index (χ0v) is 8.36. The molecule has 0 bridgehead atoms. The molecule has 0 atom stereocenters. The molecule has 5 heteroatoms. The molecule has 0 aromatic carbocycles. The highest BCUT2D eigenvalue weighted by Gasteiger charge is 2.20. The Hall–Kier alpha value is -1.33. The number of hydrogen-bond donors (Lipinski definition) is 1. The minimum Gasteiger partial charge on any atom is -0.475 e. The van der Waals surface area contributed by atoms with Gasteiger partial charge in [-0.2, -0.15) is 0 Å². The summed E-state index contributed by atoms with van der Waals surface area (Å²) in [7, 11) is 0. The first-order valence-electron chi connectivity index (χ1n) is 4.69. The zero-order chi connectivity index (χ0) is 10.8. The lowest BCUT2D eigenvalue weighted by Gasteiger charge is -2.25. The minimum absolute atomic E-state index is 0.0153. The van der Waals surface area contributed by atoms with E-state index in [2.05, 4.69) is 0 Å². The van der Waals surface area contributed by atoms with Crippen LogP contribution < -0.4 is 0 Å². The van der Waals surface area contributed by atoms with Crippen LogP contribution in [0, 0.1) is 6.92 Å². The minimum atomic E-state index is -1.05. The van der Waals surface area contributed by atoms with Crippen molar-refractivity contribution >= 4 is 5.97 Å². The molecule has 0 aliphatic carbocycles. The number of furan rings is 1. The third-order valence-corrected chi connectivity index (χ3v) is 2.23. The van der Waals surface area contributed by atoms with E-state index in [1.165, 1.54) is 0 Å². The van der Waals surface area contributed by atoms with Crippen LogP contribution in [0.5, 0.6) is 0 Å². The first kappa shape index (κ1) is 10.2. The van der Waals surface area contributed by atoms with E-state index in [1.54, 1.807) is 13.0 Å². The van der Waals surface area contributed by atoms with E-state index in [4.69, 9.17) is 19.0 Å². The fraction of sp³-hybridized carbons (Fsp3) is 0.500. The smallest absolute Gasteiger partial charge is 0.372 e. The number of carbonyl (C=O) groups is 1. The second kappa shape index (κ2) is 4.04. The molecule has 0 amide bonds. The van der Waals surface area contributed by atoms with Gasteiger partial charge in [-0.05, 0) is 13.0 Å². The van der Waals surface area contributed by atoms with Crippen LogP contribution in [0.1, 0.15) is 21.9 Å². The Balaban J connectivity index is 1.96. The molecule has 1 aromatic rings. The van der Waals surface area contributed by atoms with Crippen LogP contribution in [-0.2, 0) is 16.1 Å². The van der Waals surface area contributed by atoms with Crippen molar-refractivity contribution in [2.24, 2.45) is 0 Å². The molecule has 15 heavy (non-hydrogen) atoms. The summed E-state index contributed by atoms with van der Waals surface area (Å²) < 4.78 is 15.5. The standard InChI is InChI=1S/C10H12O5/c1-6-2-7(15-9(6)10(11)12)5-14-8-3-13-4-8/h2,8H,3-5H2,1H3,(H,11,12). The molecule has 2 heterocycles. The Morgan fingerprint density at radius 3 is 2.87 bits per heavy atom. The van der Waals surface area contributed by atoms with Crippen LogP contribution in [0.15, 0.2) is 10.5 Å². The van der Waals surface area contributed by atoms with Gasteiger partial charge < -0.3 is 19.0 Å². The van der Waals surface area contributed by atoms with E-state index in [0.717, 1.165) is 0 Å². The average Bonchev–Trinajstić information content (AvgIpc) is 2.44. The molecule has 0 saturated carbocycles. The SMILES string of the molecule is Cc1cc(COC2COC2)oc1C(=O)O. The highest BCUT2D eigenvalue weighted by molar-refractivity contribution is 5.86. The molecule has 0 spiro atoms. The number of hydrogen-bond acceptors (Lipinski definition) is 4. The molecule has 1 aromatic heterocycles. The molecule has 0 unspecified atom stereocenters. The molecular weight excluding hydrogens is 200 g/mol. The number of aromatic carboxylic acids is 1. The van der Waals surface area contributed by atoms with Crippen LogP contribution in [0.4, 0.5) is 0 Å². The van der Waals surface area contributed by atoms with E-state index in [0.29, 0.717) is 31.1 Å². The average molecular weight is 212 g/mol. The lowest BCUT2D eigenvalue weighted by Crippen LogP contribution is -2.35. The topological polar surface area (TPSA) is 68.9 Å². The lowest BCUT2D eigenvalue weighted by molar-refractivity contribution is -0.137. The molecule has 0 radical (unpaired) electrons. The number of ether oxygens (including phenoxy) is 2. The van der Waals surface area contributed by atoms with Gasteiger partial charge in [0.05, 0.1) is 13.2 Å². The van der Waals surface area contributed by atoms with Gasteiger partial charge in [-0.25, -0.2) is 4.79 Å². The molecule has 82 valence electrons. The quantitative estimate of drug-likeness (QED) is 0.812. The van der Waals surface area contributed by atoms with Gasteiger partial charge in [-0.3, -0.25) is 0 Å². The molecule has 1 saturated heterocycles. The maximum Gasteiger partial charge on any atom is 0.372 e. The molecular formula is C10H12O5. The van der Waals surface area contributed by atoms with E-state index >= 15 is 0 Å². The zero-order valence-electron chi connectivity index (χ0n) is 8.36. The van der Waals surface area contributed by atoms with Crippen molar-refractivity contribution in [3.63, 3.8) is 0 Å². The summed E-state index contributed by atoms with van der Waals surface area (Å²) in [5.74, 6) is -0.527. The van der Waals surface area contributed by atoms with Gasteiger partial charge in [0.1, 0.15) is 18.5 Å². The predicted molar refractivity (Wildman–Crippen MR) is 49.8 cm³/mol. The van der Waals surface area contributed by atoms with Crippen molar-refractivity contribution in [2.75, 3.05) is 13.2 Å². The number of carboxylic acid groups (broad SMARTS) is 1. The third kappa shape index (κ3) is 2.19. The fourth-order valence-electron chi connectivity index (χ4n) is 1.34. The fourth-order valence-corrected chi connectivity index (χ4v) is 1.34. The highest BCUT2D eigenvalue weighted by Crippen LogP contribution is 2.17. The summed E-state index contributed by atoms with van der Waals surface area (Å²) in [4.78, 5) is 10.7. The molecule has 1 aliphatic rings. The van der Waals surface area contributed by atoms with Crippen LogP contribution in [-0.4, -0.2) is 30.4 Å². The van der Waals surface area contributed by atoms with Crippen molar-refractivity contribution in [2.45, 2.75) is 19.6 Å². The molecule has 2 rings (SSSR count). The van der Waals surface area contributed by atoms with Crippen molar-refractivity contribution in [3.8, 4) is 0 Å². The summed E-state index contributed by atoms with van der Waals surface area (Å²) in [5.41, 5.74) is 0.617. The Labute approximate surface area is 86.6 Å². The van der Waals surface area contributed by atoms with E-state index in [-0.39, 0.29) is 11.9 Å². The van der Waals surface area contributed by atoms with Crippen molar-refractivity contribution < 1.29 is 23.8 Å². The van der Waals surface area contributed by atoms with Gasteiger partial charge >= 0.3 is 5.97 Å². The van der Waals surface area contributed by atoms with Crippen molar-refractivity contribution in [1.29, 1.82) is 0 Å². The number of carboxylic acids is 1. The summed E-state index contributed by atoms with van der Waals surface area (Å²) in [6.07, 6.45) is 0.115. The van der Waals surface area contributed by atoms with Crippen LogP contribution >= 0.6 is 0 Å². The second-order valence-electron chi connectivity index (χ2n) is 3.50. The van der Waals surface area contributed by atoms with E-state index < -0.39 is 5.97 Å². The molecule has 5 nitrogen and oxygen atoms in total. The van der Waals surface area contributed by atoms with Crippen LogP contribution in [0.25, 0.3) is 0 Å². The summed E-state index contributed by atoms with van der Waals surface area (Å²) >= 11 is 0. The third-order valence-electron chi connectivity index (χ3n) is 2.23.